The minimum Gasteiger partial charge on any atom is -0.469 e. The molecule has 0 atom stereocenters. The average molecular weight is 294 g/mol. The first-order valence-corrected chi connectivity index (χ1v) is 6.46. The molecule has 1 N–H and O–H groups in total. The lowest BCUT2D eigenvalue weighted by molar-refractivity contribution is -0.384. The summed E-state index contributed by atoms with van der Waals surface area (Å²) < 4.78 is 10.1. The molecule has 1 amide bonds. The lowest BCUT2D eigenvalue weighted by Crippen LogP contribution is -2.12. The van der Waals surface area contributed by atoms with Crippen molar-refractivity contribution in [3.63, 3.8) is 0 Å². The highest BCUT2D eigenvalue weighted by atomic mass is 16.7. The number of hydrogen-bond donors (Lipinski definition) is 1. The summed E-state index contributed by atoms with van der Waals surface area (Å²) in [5.41, 5.74) is 0.0294. The van der Waals surface area contributed by atoms with Crippen molar-refractivity contribution < 1.29 is 19.2 Å². The molecule has 2 rings (SSSR count). The summed E-state index contributed by atoms with van der Waals surface area (Å²) in [7, 11) is 1.49. The quantitative estimate of drug-likeness (QED) is 0.523. The third-order valence-corrected chi connectivity index (χ3v) is 2.61. The van der Waals surface area contributed by atoms with E-state index in [2.05, 4.69) is 5.32 Å². The normalized spacial score (nSPS) is 13.8. The van der Waals surface area contributed by atoms with Gasteiger partial charge in [-0.15, -0.1) is 0 Å². The molecule has 1 heterocycles. The number of nitro benzene ring substituents is 1. The summed E-state index contributed by atoms with van der Waals surface area (Å²) in [5, 5.41) is 13.1. The molecule has 0 spiro atoms. The van der Waals surface area contributed by atoms with E-state index in [-0.39, 0.29) is 11.6 Å². The van der Waals surface area contributed by atoms with E-state index in [1.165, 1.54) is 31.4 Å². The van der Waals surface area contributed by atoms with Gasteiger partial charge in [0.05, 0.1) is 12.0 Å². The Kier molecular flexibility index (Phi) is 6.73. The average Bonchev–Trinajstić information content (AvgIpc) is 2.97. The van der Waals surface area contributed by atoms with Crippen LogP contribution >= 0.6 is 0 Å². The predicted octanol–water partition coefficient (Wildman–Crippen LogP) is 2.38. The van der Waals surface area contributed by atoms with Crippen molar-refractivity contribution in [2.24, 2.45) is 0 Å². The SMILES string of the molecule is C/C=C(/OC)Oc1ccc([N+](=O)[O-])cc1.O=C1CCCN1. The molecule has 21 heavy (non-hydrogen) atoms. The van der Waals surface area contributed by atoms with Gasteiger partial charge in [-0.2, -0.15) is 0 Å². The number of amides is 1. The number of hydrogen-bond acceptors (Lipinski definition) is 5. The number of nitro groups is 1. The fourth-order valence-corrected chi connectivity index (χ4v) is 1.54. The van der Waals surface area contributed by atoms with Crippen molar-refractivity contribution in [1.82, 2.24) is 5.32 Å². The number of carbonyl (C=O) groups is 1. The molecule has 0 saturated carbocycles. The number of ether oxygens (including phenoxy) is 2. The van der Waals surface area contributed by atoms with Crippen molar-refractivity contribution in [1.29, 1.82) is 0 Å². The minimum atomic E-state index is -0.462. The Morgan fingerprint density at radius 1 is 1.38 bits per heavy atom. The summed E-state index contributed by atoms with van der Waals surface area (Å²) in [4.78, 5) is 20.0. The second-order valence-electron chi connectivity index (χ2n) is 4.12. The van der Waals surface area contributed by atoms with Crippen LogP contribution in [-0.2, 0) is 9.53 Å². The molecule has 0 radical (unpaired) electrons. The largest absolute Gasteiger partial charge is 0.469 e. The summed E-state index contributed by atoms with van der Waals surface area (Å²) in [6, 6.07) is 5.78. The molecule has 0 aromatic heterocycles. The van der Waals surface area contributed by atoms with Gasteiger partial charge in [-0.3, -0.25) is 14.9 Å². The molecule has 1 aromatic carbocycles. The third-order valence-electron chi connectivity index (χ3n) is 2.61. The highest BCUT2D eigenvalue weighted by Crippen LogP contribution is 2.19. The van der Waals surface area contributed by atoms with Gasteiger partial charge >= 0.3 is 0 Å². The zero-order chi connectivity index (χ0) is 15.7. The van der Waals surface area contributed by atoms with Gasteiger partial charge in [0.15, 0.2) is 0 Å². The minimum absolute atomic E-state index is 0.0294. The number of carbonyl (C=O) groups excluding carboxylic acids is 1. The second-order valence-corrected chi connectivity index (χ2v) is 4.12. The maximum Gasteiger partial charge on any atom is 0.279 e. The van der Waals surface area contributed by atoms with Gasteiger partial charge in [0.25, 0.3) is 11.6 Å². The van der Waals surface area contributed by atoms with E-state index in [9.17, 15) is 14.9 Å². The van der Waals surface area contributed by atoms with E-state index < -0.39 is 4.92 Å². The third kappa shape index (κ3) is 5.94. The van der Waals surface area contributed by atoms with Crippen molar-refractivity contribution >= 4 is 11.6 Å². The van der Waals surface area contributed by atoms with E-state index >= 15 is 0 Å². The Labute approximate surface area is 122 Å². The molecule has 114 valence electrons. The van der Waals surface area contributed by atoms with E-state index in [0.29, 0.717) is 11.7 Å². The topological polar surface area (TPSA) is 90.7 Å². The van der Waals surface area contributed by atoms with Crippen LogP contribution in [0.5, 0.6) is 5.75 Å². The van der Waals surface area contributed by atoms with Gasteiger partial charge in [0.1, 0.15) is 5.75 Å². The maximum absolute atomic E-state index is 10.4. The van der Waals surface area contributed by atoms with Crippen molar-refractivity contribution in [2.75, 3.05) is 13.7 Å². The molecular weight excluding hydrogens is 276 g/mol. The van der Waals surface area contributed by atoms with Crippen LogP contribution in [0.2, 0.25) is 0 Å². The van der Waals surface area contributed by atoms with Crippen molar-refractivity contribution in [3.05, 3.63) is 46.4 Å². The number of allylic oxidation sites excluding steroid dienone is 1. The van der Waals surface area contributed by atoms with Gasteiger partial charge < -0.3 is 14.8 Å². The molecule has 0 bridgehead atoms. The number of methoxy groups -OCH3 is 1. The molecule has 0 aliphatic carbocycles. The van der Waals surface area contributed by atoms with Crippen LogP contribution in [0.25, 0.3) is 0 Å². The monoisotopic (exact) mass is 294 g/mol. The lowest BCUT2D eigenvalue weighted by atomic mass is 10.3. The zero-order valence-electron chi connectivity index (χ0n) is 12.0. The summed E-state index contributed by atoms with van der Waals surface area (Å²) in [6.07, 6.45) is 3.42. The number of nitrogens with zero attached hydrogens (tertiary/aromatic N) is 1. The number of rotatable bonds is 4. The fourth-order valence-electron chi connectivity index (χ4n) is 1.54. The van der Waals surface area contributed by atoms with Crippen LogP contribution in [0, 0.1) is 10.1 Å². The Hall–Kier alpha value is -2.57. The standard InChI is InChI=1S/C10H11NO4.C4H7NO/c1-3-10(14-2)15-9-6-4-8(5-7-9)11(12)13;6-4-2-1-3-5-4/h3-7H,1-2H3;1-3H2,(H,5,6)/b10-3-;. The van der Waals surface area contributed by atoms with Crippen LogP contribution in [0.4, 0.5) is 5.69 Å². The maximum atomic E-state index is 10.4. The number of non-ortho nitro benzene ring substituents is 1. The highest BCUT2D eigenvalue weighted by Gasteiger charge is 2.06. The molecule has 1 aliphatic rings. The highest BCUT2D eigenvalue weighted by molar-refractivity contribution is 5.77. The van der Waals surface area contributed by atoms with E-state index in [1.54, 1.807) is 13.0 Å². The summed E-state index contributed by atoms with van der Waals surface area (Å²) in [5.74, 6) is 1.05. The van der Waals surface area contributed by atoms with Gasteiger partial charge in [-0.1, -0.05) is 0 Å². The Bertz CT molecular complexity index is 503. The molecule has 1 aliphatic heterocycles. The molecule has 7 heteroatoms. The molecular formula is C14H18N2O5. The molecule has 0 unspecified atom stereocenters. The first kappa shape index (κ1) is 16.5. The van der Waals surface area contributed by atoms with Crippen LogP contribution < -0.4 is 10.1 Å². The van der Waals surface area contributed by atoms with Gasteiger partial charge in [-0.25, -0.2) is 0 Å². The van der Waals surface area contributed by atoms with E-state index in [0.717, 1.165) is 19.4 Å². The number of nitrogens with one attached hydrogen (secondary N) is 1. The van der Waals surface area contributed by atoms with Crippen molar-refractivity contribution in [2.45, 2.75) is 19.8 Å². The zero-order valence-corrected chi connectivity index (χ0v) is 12.0. The number of benzene rings is 1. The van der Waals surface area contributed by atoms with E-state index in [4.69, 9.17) is 9.47 Å². The fraction of sp³-hybridized carbons (Fsp3) is 0.357. The molecule has 7 nitrogen and oxygen atoms in total. The van der Waals surface area contributed by atoms with E-state index in [1.807, 2.05) is 0 Å². The van der Waals surface area contributed by atoms with Crippen LogP contribution in [0.1, 0.15) is 19.8 Å². The smallest absolute Gasteiger partial charge is 0.279 e. The Balaban J connectivity index is 0.000000304. The summed E-state index contributed by atoms with van der Waals surface area (Å²) >= 11 is 0. The summed E-state index contributed by atoms with van der Waals surface area (Å²) in [6.45, 7) is 2.66. The lowest BCUT2D eigenvalue weighted by Gasteiger charge is -2.06. The van der Waals surface area contributed by atoms with Gasteiger partial charge in [0.2, 0.25) is 5.91 Å². The second kappa shape index (κ2) is 8.57. The predicted molar refractivity (Wildman–Crippen MR) is 76.7 cm³/mol. The molecule has 1 aromatic rings. The first-order valence-electron chi connectivity index (χ1n) is 6.46. The Morgan fingerprint density at radius 2 is 2.05 bits per heavy atom. The van der Waals surface area contributed by atoms with Crippen LogP contribution in [0.15, 0.2) is 36.3 Å². The van der Waals surface area contributed by atoms with Crippen molar-refractivity contribution in [3.8, 4) is 5.75 Å². The Morgan fingerprint density at radius 3 is 2.38 bits per heavy atom. The van der Waals surface area contributed by atoms with Crippen LogP contribution in [-0.4, -0.2) is 24.5 Å². The molecule has 1 fully saturated rings. The van der Waals surface area contributed by atoms with Gasteiger partial charge in [-0.05, 0) is 31.6 Å². The molecule has 1 saturated heterocycles. The van der Waals surface area contributed by atoms with Crippen LogP contribution in [0.3, 0.4) is 0 Å². The first-order chi connectivity index (χ1) is 10.1. The van der Waals surface area contributed by atoms with Gasteiger partial charge in [0, 0.05) is 25.1 Å².